The van der Waals surface area contributed by atoms with E-state index in [1.807, 2.05) is 42.5 Å². The highest BCUT2D eigenvalue weighted by Gasteiger charge is 2.36. The van der Waals surface area contributed by atoms with Crippen molar-refractivity contribution >= 4 is 56.2 Å². The van der Waals surface area contributed by atoms with E-state index in [2.05, 4.69) is 35.8 Å². The number of nitrogens with zero attached hydrogens (tertiary/aromatic N) is 2. The van der Waals surface area contributed by atoms with Gasteiger partial charge in [0.1, 0.15) is 0 Å². The van der Waals surface area contributed by atoms with Gasteiger partial charge >= 0.3 is 0 Å². The number of amides is 1. The van der Waals surface area contributed by atoms with Crippen molar-refractivity contribution in [3.05, 3.63) is 86.7 Å². The summed E-state index contributed by atoms with van der Waals surface area (Å²) in [6.07, 6.45) is 3.45. The van der Waals surface area contributed by atoms with Crippen LogP contribution in [-0.4, -0.2) is 23.3 Å². The Morgan fingerprint density at radius 3 is 2.44 bits per heavy atom. The van der Waals surface area contributed by atoms with Gasteiger partial charge in [0.15, 0.2) is 16.7 Å². The van der Waals surface area contributed by atoms with E-state index in [-0.39, 0.29) is 11.7 Å². The molecule has 0 aliphatic carbocycles. The van der Waals surface area contributed by atoms with E-state index in [1.54, 1.807) is 23.1 Å². The number of phenolic OH excluding ortho intramolecular Hbond substituents is 1. The molecule has 1 N–H and O–H groups in total. The molecule has 0 saturated carbocycles. The minimum atomic E-state index is -0.137. The lowest BCUT2D eigenvalue weighted by Gasteiger charge is -2.19. The van der Waals surface area contributed by atoms with Crippen LogP contribution in [0.4, 0.5) is 11.4 Å². The number of hydrogen-bond donors (Lipinski definition) is 1. The van der Waals surface area contributed by atoms with E-state index >= 15 is 0 Å². The lowest BCUT2D eigenvalue weighted by molar-refractivity contribution is -0.113. The summed E-state index contributed by atoms with van der Waals surface area (Å²) in [7, 11) is 1.49. The van der Waals surface area contributed by atoms with E-state index in [4.69, 9.17) is 9.73 Å². The summed E-state index contributed by atoms with van der Waals surface area (Å²) in [4.78, 5) is 20.9. The van der Waals surface area contributed by atoms with Gasteiger partial charge in [-0.2, -0.15) is 0 Å². The Kier molecular flexibility index (Phi) is 7.44. The van der Waals surface area contributed by atoms with Crippen LogP contribution in [0.1, 0.15) is 30.5 Å². The largest absolute Gasteiger partial charge is 0.503 e. The summed E-state index contributed by atoms with van der Waals surface area (Å²) in [6.45, 7) is 4.17. The Hall–Kier alpha value is -3.03. The molecule has 4 rings (SSSR count). The highest BCUT2D eigenvalue weighted by Crippen LogP contribution is 2.41. The Balaban J connectivity index is 1.85. The van der Waals surface area contributed by atoms with Crippen LogP contribution in [0.3, 0.4) is 0 Å². The van der Waals surface area contributed by atoms with Crippen molar-refractivity contribution in [1.82, 2.24) is 0 Å². The van der Waals surface area contributed by atoms with Crippen molar-refractivity contribution in [3.8, 4) is 11.5 Å². The molecule has 3 aromatic rings. The van der Waals surface area contributed by atoms with Crippen LogP contribution in [0.25, 0.3) is 6.08 Å². The monoisotopic (exact) mass is 536 g/mol. The van der Waals surface area contributed by atoms with Crippen molar-refractivity contribution in [2.45, 2.75) is 26.7 Å². The predicted octanol–water partition coefficient (Wildman–Crippen LogP) is 7.10. The molecule has 1 amide bonds. The number of aromatic hydroxyl groups is 1. The second-order valence-corrected chi connectivity index (χ2v) is 9.53. The van der Waals surface area contributed by atoms with Gasteiger partial charge in [0.05, 0.1) is 27.9 Å². The summed E-state index contributed by atoms with van der Waals surface area (Å²) in [5.41, 5.74) is 4.62. The Morgan fingerprint density at radius 2 is 1.74 bits per heavy atom. The molecule has 1 saturated heterocycles. The number of carbonyl (C=O) groups is 1. The van der Waals surface area contributed by atoms with E-state index in [0.29, 0.717) is 20.3 Å². The lowest BCUT2D eigenvalue weighted by atomic mass is 10.1. The molecule has 7 heteroatoms. The SMILES string of the molecule is CCc1ccccc1N=C1S/C(=C\c2cc(Br)c(O)c(OC)c2)C(=O)N1c1ccccc1CC. The maximum atomic E-state index is 13.7. The third-order valence-electron chi connectivity index (χ3n) is 5.58. The molecular formula is C27H25BrN2O3S. The Morgan fingerprint density at radius 1 is 1.06 bits per heavy atom. The molecule has 34 heavy (non-hydrogen) atoms. The van der Waals surface area contributed by atoms with Crippen molar-refractivity contribution in [2.24, 2.45) is 4.99 Å². The van der Waals surface area contributed by atoms with Crippen LogP contribution in [0.5, 0.6) is 11.5 Å². The summed E-state index contributed by atoms with van der Waals surface area (Å²) in [5, 5.41) is 10.8. The molecule has 0 spiro atoms. The van der Waals surface area contributed by atoms with Gasteiger partial charge in [-0.3, -0.25) is 9.69 Å². The maximum absolute atomic E-state index is 13.7. The molecule has 3 aromatic carbocycles. The van der Waals surface area contributed by atoms with Gasteiger partial charge in [0.25, 0.3) is 5.91 Å². The van der Waals surface area contributed by atoms with Crippen molar-refractivity contribution < 1.29 is 14.6 Å². The number of halogens is 1. The van der Waals surface area contributed by atoms with E-state index in [0.717, 1.165) is 40.9 Å². The van der Waals surface area contributed by atoms with Crippen LogP contribution < -0.4 is 9.64 Å². The standard InChI is InChI=1S/C27H25BrN2O3S/c1-4-18-10-6-8-12-21(18)29-27-30(22-13-9-7-11-19(22)5-2)26(32)24(34-27)16-17-14-20(28)25(31)23(15-17)33-3/h6-16,31H,4-5H2,1-3H3/b24-16-,29-27?. The molecule has 1 fully saturated rings. The number of methoxy groups -OCH3 is 1. The number of phenols is 1. The topological polar surface area (TPSA) is 62.1 Å². The summed E-state index contributed by atoms with van der Waals surface area (Å²) in [6, 6.07) is 19.4. The number of benzene rings is 3. The summed E-state index contributed by atoms with van der Waals surface area (Å²) < 4.78 is 5.76. The van der Waals surface area contributed by atoms with Crippen LogP contribution in [0.15, 0.2) is 75.0 Å². The van der Waals surface area contributed by atoms with Gasteiger partial charge in [0, 0.05) is 0 Å². The number of aliphatic imine (C=N–C) groups is 1. The third kappa shape index (κ3) is 4.76. The maximum Gasteiger partial charge on any atom is 0.271 e. The molecule has 0 atom stereocenters. The predicted molar refractivity (Wildman–Crippen MR) is 144 cm³/mol. The minimum Gasteiger partial charge on any atom is -0.503 e. The highest BCUT2D eigenvalue weighted by atomic mass is 79.9. The number of thioether (sulfide) groups is 1. The van der Waals surface area contributed by atoms with Gasteiger partial charge < -0.3 is 9.84 Å². The minimum absolute atomic E-state index is 0.0203. The third-order valence-corrected chi connectivity index (χ3v) is 7.15. The normalized spacial score (nSPS) is 16.0. The molecular weight excluding hydrogens is 512 g/mol. The van der Waals surface area contributed by atoms with Crippen LogP contribution in [0.2, 0.25) is 0 Å². The fraction of sp³-hybridized carbons (Fsp3) is 0.185. The number of para-hydroxylation sites is 2. The molecule has 0 radical (unpaired) electrons. The molecule has 1 aliphatic rings. The van der Waals surface area contributed by atoms with Crippen molar-refractivity contribution in [1.29, 1.82) is 0 Å². The average Bonchev–Trinajstić information content (AvgIpc) is 3.15. The summed E-state index contributed by atoms with van der Waals surface area (Å²) in [5.74, 6) is 0.212. The first-order valence-corrected chi connectivity index (χ1v) is 12.6. The number of anilines is 1. The Labute approximate surface area is 212 Å². The number of amidine groups is 1. The molecule has 1 heterocycles. The average molecular weight is 537 g/mol. The molecule has 5 nitrogen and oxygen atoms in total. The van der Waals surface area contributed by atoms with E-state index < -0.39 is 0 Å². The first-order chi connectivity index (χ1) is 16.5. The molecule has 0 bridgehead atoms. The van der Waals surface area contributed by atoms with Gasteiger partial charge in [-0.15, -0.1) is 0 Å². The molecule has 0 unspecified atom stereocenters. The first-order valence-electron chi connectivity index (χ1n) is 11.0. The summed E-state index contributed by atoms with van der Waals surface area (Å²) >= 11 is 4.70. The smallest absolute Gasteiger partial charge is 0.271 e. The van der Waals surface area contributed by atoms with E-state index in [9.17, 15) is 9.90 Å². The fourth-order valence-electron chi connectivity index (χ4n) is 3.80. The number of carbonyl (C=O) groups excluding carboxylic acids is 1. The zero-order valence-electron chi connectivity index (χ0n) is 19.2. The second-order valence-electron chi connectivity index (χ2n) is 7.66. The number of ether oxygens (including phenoxy) is 1. The number of rotatable bonds is 6. The van der Waals surface area contributed by atoms with Gasteiger partial charge in [-0.1, -0.05) is 50.2 Å². The zero-order chi connectivity index (χ0) is 24.2. The van der Waals surface area contributed by atoms with E-state index in [1.165, 1.54) is 18.9 Å². The Bertz CT molecular complexity index is 1300. The van der Waals surface area contributed by atoms with Gasteiger partial charge in [-0.05, 0) is 87.6 Å². The zero-order valence-corrected chi connectivity index (χ0v) is 21.6. The molecule has 1 aliphatic heterocycles. The van der Waals surface area contributed by atoms with Crippen LogP contribution in [0, 0.1) is 0 Å². The van der Waals surface area contributed by atoms with Crippen LogP contribution in [-0.2, 0) is 17.6 Å². The quantitative estimate of drug-likeness (QED) is 0.341. The number of aryl methyl sites for hydroxylation is 2. The molecule has 174 valence electrons. The van der Waals surface area contributed by atoms with Gasteiger partial charge in [-0.25, -0.2) is 4.99 Å². The van der Waals surface area contributed by atoms with Crippen molar-refractivity contribution in [2.75, 3.05) is 12.0 Å². The highest BCUT2D eigenvalue weighted by molar-refractivity contribution is 9.10. The van der Waals surface area contributed by atoms with Crippen molar-refractivity contribution in [3.63, 3.8) is 0 Å². The lowest BCUT2D eigenvalue weighted by Crippen LogP contribution is -2.29. The fourth-order valence-corrected chi connectivity index (χ4v) is 5.24. The second kappa shape index (κ2) is 10.5. The van der Waals surface area contributed by atoms with Gasteiger partial charge in [0.2, 0.25) is 0 Å². The van der Waals surface area contributed by atoms with Crippen LogP contribution >= 0.6 is 27.7 Å². The number of hydrogen-bond acceptors (Lipinski definition) is 5. The molecule has 0 aromatic heterocycles. The first kappa shape index (κ1) is 24.1.